The molecule has 0 bridgehead atoms. The summed E-state index contributed by atoms with van der Waals surface area (Å²) in [6.45, 7) is 2.40. The molecule has 29 heavy (non-hydrogen) atoms. The zero-order valence-corrected chi connectivity index (χ0v) is 16.5. The molecule has 4 N–H and O–H groups in total. The number of likely N-dealkylation sites (N-methyl/N-ethyl adjacent to an activating group) is 1. The summed E-state index contributed by atoms with van der Waals surface area (Å²) in [6, 6.07) is 6.29. The molecule has 10 heteroatoms. The van der Waals surface area contributed by atoms with Gasteiger partial charge in [-0.3, -0.25) is 15.1 Å². The molecular weight excluding hydrogens is 378 g/mol. The highest BCUT2D eigenvalue weighted by molar-refractivity contribution is 6.04. The molecule has 2 aliphatic heterocycles. The molecule has 0 spiro atoms. The minimum absolute atomic E-state index is 0.00456. The number of aliphatic hydroxyl groups excluding tert-OH is 2. The Kier molecular flexibility index (Phi) is 6.55. The van der Waals surface area contributed by atoms with E-state index in [4.69, 9.17) is 9.84 Å². The lowest BCUT2D eigenvalue weighted by Gasteiger charge is -2.35. The molecule has 0 aliphatic carbocycles. The Morgan fingerprint density at radius 2 is 2.07 bits per heavy atom. The second kappa shape index (κ2) is 9.10. The summed E-state index contributed by atoms with van der Waals surface area (Å²) in [7, 11) is 1.58. The Hall–Kier alpha value is -2.85. The molecule has 2 heterocycles. The molecular formula is C19H27N5O5. The number of urea groups is 1. The van der Waals surface area contributed by atoms with Crippen LogP contribution in [-0.2, 0) is 4.79 Å². The van der Waals surface area contributed by atoms with E-state index in [1.165, 1.54) is 4.90 Å². The van der Waals surface area contributed by atoms with E-state index in [1.54, 1.807) is 11.9 Å². The predicted octanol–water partition coefficient (Wildman–Crippen LogP) is -0.745. The maximum absolute atomic E-state index is 12.5. The maximum atomic E-state index is 12.5. The van der Waals surface area contributed by atoms with Gasteiger partial charge in [0.15, 0.2) is 12.0 Å². The fourth-order valence-corrected chi connectivity index (χ4v) is 3.36. The van der Waals surface area contributed by atoms with Crippen molar-refractivity contribution < 1.29 is 24.5 Å². The Balaban J connectivity index is 1.72. The van der Waals surface area contributed by atoms with Crippen LogP contribution in [0.4, 0.5) is 4.79 Å². The monoisotopic (exact) mass is 405 g/mol. The van der Waals surface area contributed by atoms with Gasteiger partial charge in [-0.15, -0.1) is 0 Å². The average Bonchev–Trinajstić information content (AvgIpc) is 3.04. The van der Waals surface area contributed by atoms with Crippen LogP contribution in [0.1, 0.15) is 12.0 Å². The smallest absolute Gasteiger partial charge is 0.325 e. The highest BCUT2D eigenvalue weighted by Crippen LogP contribution is 2.21. The molecule has 2 saturated heterocycles. The number of imide groups is 1. The number of rotatable bonds is 8. The van der Waals surface area contributed by atoms with Crippen LogP contribution in [0.25, 0.3) is 0 Å². The lowest BCUT2D eigenvalue weighted by atomic mass is 10.1. The SMILES string of the molecule is Cc1ccccc1OCC(O)CN1C(=NCCCO)NC2C1C(=O)NC(=O)N2C. The van der Waals surface area contributed by atoms with Crippen LogP contribution in [0.3, 0.4) is 0 Å². The van der Waals surface area contributed by atoms with Crippen molar-refractivity contribution >= 4 is 17.9 Å². The molecule has 158 valence electrons. The number of fused-ring (bicyclic) bond motifs is 1. The number of para-hydroxylation sites is 1. The van der Waals surface area contributed by atoms with Crippen LogP contribution >= 0.6 is 0 Å². The summed E-state index contributed by atoms with van der Waals surface area (Å²) >= 11 is 0. The van der Waals surface area contributed by atoms with Gasteiger partial charge in [-0.05, 0) is 25.0 Å². The van der Waals surface area contributed by atoms with Crippen LogP contribution < -0.4 is 15.4 Å². The van der Waals surface area contributed by atoms with Crippen molar-refractivity contribution in [2.75, 3.05) is 33.4 Å². The van der Waals surface area contributed by atoms with Crippen LogP contribution in [0, 0.1) is 6.92 Å². The topological polar surface area (TPSA) is 127 Å². The number of nitrogens with zero attached hydrogens (tertiary/aromatic N) is 3. The highest BCUT2D eigenvalue weighted by atomic mass is 16.5. The number of β-amino-alcohol motifs (C(OH)–C–C–N with tert-alkyl or cyclic N) is 1. The maximum Gasteiger partial charge on any atom is 0.325 e. The minimum atomic E-state index is -0.895. The van der Waals surface area contributed by atoms with Crippen molar-refractivity contribution in [1.82, 2.24) is 20.4 Å². The van der Waals surface area contributed by atoms with Crippen LogP contribution in [0.2, 0.25) is 0 Å². The summed E-state index contributed by atoms with van der Waals surface area (Å²) in [5, 5.41) is 24.9. The summed E-state index contributed by atoms with van der Waals surface area (Å²) in [4.78, 5) is 31.8. The van der Waals surface area contributed by atoms with Gasteiger partial charge in [-0.25, -0.2) is 4.79 Å². The number of carbonyl (C=O) groups is 2. The number of nitrogens with one attached hydrogen (secondary N) is 2. The molecule has 3 rings (SSSR count). The van der Waals surface area contributed by atoms with Crippen LogP contribution in [0.5, 0.6) is 5.75 Å². The van der Waals surface area contributed by atoms with E-state index in [9.17, 15) is 14.7 Å². The molecule has 3 atom stereocenters. The number of carbonyl (C=O) groups excluding carboxylic acids is 2. The zero-order valence-electron chi connectivity index (χ0n) is 16.5. The fourth-order valence-electron chi connectivity index (χ4n) is 3.36. The van der Waals surface area contributed by atoms with Crippen molar-refractivity contribution in [2.45, 2.75) is 31.7 Å². The third-order valence-corrected chi connectivity index (χ3v) is 4.93. The molecule has 0 aromatic heterocycles. The molecule has 2 aliphatic rings. The first kappa shape index (κ1) is 20.9. The number of aryl methyl sites for hydroxylation is 1. The summed E-state index contributed by atoms with van der Waals surface area (Å²) in [5.41, 5.74) is 0.959. The fraction of sp³-hybridized carbons (Fsp3) is 0.526. The largest absolute Gasteiger partial charge is 0.491 e. The van der Waals surface area contributed by atoms with Gasteiger partial charge < -0.3 is 30.1 Å². The lowest BCUT2D eigenvalue weighted by Crippen LogP contribution is -2.65. The zero-order chi connectivity index (χ0) is 21.0. The van der Waals surface area contributed by atoms with Gasteiger partial charge in [0.2, 0.25) is 0 Å². The molecule has 1 aromatic carbocycles. The number of ether oxygens (including phenoxy) is 1. The highest BCUT2D eigenvalue weighted by Gasteiger charge is 2.50. The third kappa shape index (κ3) is 4.60. The number of benzene rings is 1. The molecule has 0 saturated carbocycles. The van der Waals surface area contributed by atoms with E-state index in [0.29, 0.717) is 24.7 Å². The third-order valence-electron chi connectivity index (χ3n) is 4.93. The Morgan fingerprint density at radius 1 is 1.31 bits per heavy atom. The standard InChI is InChI=1S/C19H27N5O5/c1-12-6-3-4-7-14(12)29-11-13(26)10-24-15-16(21-18(24)20-8-5-9-25)23(2)19(28)22-17(15)27/h3-4,6-7,13,15-16,25-26H,5,8-11H2,1-2H3,(H,20,21)(H,22,27,28). The van der Waals surface area contributed by atoms with E-state index in [1.807, 2.05) is 31.2 Å². The summed E-state index contributed by atoms with van der Waals surface area (Å²) in [6.07, 6.45) is -1.02. The van der Waals surface area contributed by atoms with E-state index in [2.05, 4.69) is 15.6 Å². The molecule has 10 nitrogen and oxygen atoms in total. The van der Waals surface area contributed by atoms with Gasteiger partial charge >= 0.3 is 6.03 Å². The quantitative estimate of drug-likeness (QED) is 0.419. The average molecular weight is 405 g/mol. The first-order valence-corrected chi connectivity index (χ1v) is 9.55. The van der Waals surface area contributed by atoms with Gasteiger partial charge in [-0.1, -0.05) is 18.2 Å². The van der Waals surface area contributed by atoms with E-state index < -0.39 is 30.2 Å². The normalized spacial score (nSPS) is 23.7. The lowest BCUT2D eigenvalue weighted by molar-refractivity contribution is -0.127. The van der Waals surface area contributed by atoms with Crippen molar-refractivity contribution in [3.05, 3.63) is 29.8 Å². The van der Waals surface area contributed by atoms with Crippen LogP contribution in [0.15, 0.2) is 29.3 Å². The number of guanidine groups is 1. The number of hydrogen-bond donors (Lipinski definition) is 4. The summed E-state index contributed by atoms with van der Waals surface area (Å²) in [5.74, 6) is 0.631. The number of amides is 3. The van der Waals surface area contributed by atoms with Gasteiger partial charge in [0.25, 0.3) is 5.91 Å². The van der Waals surface area contributed by atoms with Crippen molar-refractivity contribution in [2.24, 2.45) is 4.99 Å². The van der Waals surface area contributed by atoms with E-state index in [-0.39, 0.29) is 19.8 Å². The van der Waals surface area contributed by atoms with Gasteiger partial charge in [0.1, 0.15) is 24.6 Å². The van der Waals surface area contributed by atoms with Crippen molar-refractivity contribution in [3.8, 4) is 5.75 Å². The summed E-state index contributed by atoms with van der Waals surface area (Å²) < 4.78 is 5.71. The predicted molar refractivity (Wildman–Crippen MR) is 105 cm³/mol. The van der Waals surface area contributed by atoms with E-state index in [0.717, 1.165) is 5.56 Å². The molecule has 2 fully saturated rings. The molecule has 3 unspecified atom stereocenters. The number of aliphatic imine (C=N–C) groups is 1. The van der Waals surface area contributed by atoms with Gasteiger partial charge in [0.05, 0.1) is 6.54 Å². The molecule has 1 aromatic rings. The Morgan fingerprint density at radius 3 is 2.79 bits per heavy atom. The van der Waals surface area contributed by atoms with Crippen molar-refractivity contribution in [3.63, 3.8) is 0 Å². The second-order valence-corrected chi connectivity index (χ2v) is 7.10. The first-order chi connectivity index (χ1) is 13.9. The number of aliphatic hydroxyl groups is 2. The second-order valence-electron chi connectivity index (χ2n) is 7.10. The Bertz CT molecular complexity index is 786. The van der Waals surface area contributed by atoms with Crippen LogP contribution in [-0.4, -0.2) is 89.6 Å². The van der Waals surface area contributed by atoms with Gasteiger partial charge in [0, 0.05) is 20.2 Å². The van der Waals surface area contributed by atoms with Gasteiger partial charge in [-0.2, -0.15) is 0 Å². The molecule has 0 radical (unpaired) electrons. The Labute approximate surface area is 169 Å². The minimum Gasteiger partial charge on any atom is -0.491 e. The van der Waals surface area contributed by atoms with E-state index >= 15 is 0 Å². The molecule has 3 amide bonds. The first-order valence-electron chi connectivity index (χ1n) is 9.55. The number of hydrogen-bond acceptors (Lipinski definition) is 6. The van der Waals surface area contributed by atoms with Crippen molar-refractivity contribution in [1.29, 1.82) is 0 Å².